The Morgan fingerprint density at radius 3 is 2.26 bits per heavy atom. The van der Waals surface area contributed by atoms with Gasteiger partial charge in [-0.15, -0.1) is 0 Å². The minimum absolute atomic E-state index is 0.244. The Kier molecular flexibility index (Phi) is 6.78. The Morgan fingerprint density at radius 1 is 1.16 bits per heavy atom. The van der Waals surface area contributed by atoms with E-state index >= 15 is 0 Å². The van der Waals surface area contributed by atoms with Gasteiger partial charge in [-0.2, -0.15) is 0 Å². The fourth-order valence-corrected chi connectivity index (χ4v) is 1.88. The zero-order chi connectivity index (χ0) is 14.3. The summed E-state index contributed by atoms with van der Waals surface area (Å²) in [6.45, 7) is 4.38. The molecule has 108 valence electrons. The van der Waals surface area contributed by atoms with E-state index in [1.807, 2.05) is 0 Å². The summed E-state index contributed by atoms with van der Waals surface area (Å²) in [7, 11) is 0. The van der Waals surface area contributed by atoms with Gasteiger partial charge in [0, 0.05) is 5.92 Å². The van der Waals surface area contributed by atoms with E-state index in [1.165, 1.54) is 0 Å². The molecule has 1 N–H and O–H groups in total. The number of unbranched alkanes of at least 4 members (excludes halogenated alkanes) is 1. The van der Waals surface area contributed by atoms with Crippen LogP contribution in [0.15, 0.2) is 24.3 Å². The van der Waals surface area contributed by atoms with Gasteiger partial charge in [-0.3, -0.25) is 0 Å². The highest BCUT2D eigenvalue weighted by Crippen LogP contribution is 2.30. The summed E-state index contributed by atoms with van der Waals surface area (Å²) in [4.78, 5) is 0. The van der Waals surface area contributed by atoms with Crippen LogP contribution in [0.3, 0.4) is 0 Å². The molecule has 0 aromatic heterocycles. The number of aliphatic hydroxyl groups is 1. The SMILES string of the molecule is CCCCOc1ccc(C(O)C(CC)C(F)F)cc1. The molecule has 0 spiro atoms. The van der Waals surface area contributed by atoms with E-state index in [9.17, 15) is 13.9 Å². The van der Waals surface area contributed by atoms with E-state index in [4.69, 9.17) is 4.74 Å². The van der Waals surface area contributed by atoms with Gasteiger partial charge in [0.1, 0.15) is 5.75 Å². The Hall–Kier alpha value is -1.16. The normalized spacial score (nSPS) is 14.4. The summed E-state index contributed by atoms with van der Waals surface area (Å²) in [6, 6.07) is 6.73. The maximum atomic E-state index is 12.7. The van der Waals surface area contributed by atoms with Crippen LogP contribution in [0.25, 0.3) is 0 Å². The largest absolute Gasteiger partial charge is 0.494 e. The van der Waals surface area contributed by atoms with E-state index < -0.39 is 18.4 Å². The fraction of sp³-hybridized carbons (Fsp3) is 0.600. The summed E-state index contributed by atoms with van der Waals surface area (Å²) < 4.78 is 31.0. The molecular weight excluding hydrogens is 250 g/mol. The topological polar surface area (TPSA) is 29.5 Å². The third-order valence-electron chi connectivity index (χ3n) is 3.19. The molecule has 0 aliphatic heterocycles. The molecule has 4 heteroatoms. The smallest absolute Gasteiger partial charge is 0.244 e. The van der Waals surface area contributed by atoms with Crippen LogP contribution < -0.4 is 4.74 Å². The fourth-order valence-electron chi connectivity index (χ4n) is 1.88. The van der Waals surface area contributed by atoms with Crippen LogP contribution in [-0.2, 0) is 0 Å². The lowest BCUT2D eigenvalue weighted by molar-refractivity contribution is -0.0110. The Labute approximate surface area is 113 Å². The van der Waals surface area contributed by atoms with Crippen molar-refractivity contribution in [2.75, 3.05) is 6.61 Å². The zero-order valence-electron chi connectivity index (χ0n) is 11.5. The second-order valence-electron chi connectivity index (χ2n) is 4.62. The van der Waals surface area contributed by atoms with Gasteiger partial charge in [0.2, 0.25) is 6.43 Å². The molecule has 2 nitrogen and oxygen atoms in total. The Morgan fingerprint density at radius 2 is 1.79 bits per heavy atom. The maximum Gasteiger partial charge on any atom is 0.244 e. The number of benzene rings is 1. The van der Waals surface area contributed by atoms with Crippen molar-refractivity contribution in [1.82, 2.24) is 0 Å². The summed E-state index contributed by atoms with van der Waals surface area (Å²) in [5.41, 5.74) is 0.509. The highest BCUT2D eigenvalue weighted by Gasteiger charge is 2.27. The zero-order valence-corrected chi connectivity index (χ0v) is 11.5. The van der Waals surface area contributed by atoms with E-state index in [0.717, 1.165) is 12.8 Å². The average molecular weight is 272 g/mol. The molecule has 1 rings (SSSR count). The molecule has 0 heterocycles. The molecule has 0 saturated carbocycles. The number of alkyl halides is 2. The standard InChI is InChI=1S/C15H22F2O2/c1-3-5-10-19-12-8-6-11(7-9-12)14(18)13(4-2)15(16)17/h6-9,13-15,18H,3-5,10H2,1-2H3. The summed E-state index contributed by atoms with van der Waals surface area (Å²) >= 11 is 0. The summed E-state index contributed by atoms with van der Waals surface area (Å²) in [5, 5.41) is 9.93. The molecule has 2 unspecified atom stereocenters. The predicted octanol–water partition coefficient (Wildman–Crippen LogP) is 4.19. The number of hydrogen-bond donors (Lipinski definition) is 1. The van der Waals surface area contributed by atoms with E-state index in [2.05, 4.69) is 6.92 Å². The van der Waals surface area contributed by atoms with Crippen molar-refractivity contribution in [3.05, 3.63) is 29.8 Å². The lowest BCUT2D eigenvalue weighted by Gasteiger charge is -2.21. The van der Waals surface area contributed by atoms with Gasteiger partial charge in [0.05, 0.1) is 12.7 Å². The maximum absolute atomic E-state index is 12.7. The minimum atomic E-state index is -2.51. The third-order valence-corrected chi connectivity index (χ3v) is 3.19. The molecule has 0 saturated heterocycles. The van der Waals surface area contributed by atoms with Gasteiger partial charge in [-0.25, -0.2) is 8.78 Å². The van der Waals surface area contributed by atoms with Crippen LogP contribution in [0.1, 0.15) is 44.8 Å². The average Bonchev–Trinajstić information content (AvgIpc) is 2.40. The van der Waals surface area contributed by atoms with Gasteiger partial charge in [0.25, 0.3) is 0 Å². The van der Waals surface area contributed by atoms with Crippen molar-refractivity contribution >= 4 is 0 Å². The number of aliphatic hydroxyl groups excluding tert-OH is 1. The van der Waals surface area contributed by atoms with Crippen molar-refractivity contribution in [3.8, 4) is 5.75 Å². The first kappa shape index (κ1) is 15.9. The molecule has 19 heavy (non-hydrogen) atoms. The number of halogens is 2. The molecule has 2 atom stereocenters. The van der Waals surface area contributed by atoms with Crippen LogP contribution in [0.4, 0.5) is 8.78 Å². The monoisotopic (exact) mass is 272 g/mol. The molecule has 1 aromatic carbocycles. The highest BCUT2D eigenvalue weighted by molar-refractivity contribution is 5.28. The molecule has 0 radical (unpaired) electrons. The van der Waals surface area contributed by atoms with Crippen LogP contribution in [0, 0.1) is 5.92 Å². The first-order valence-corrected chi connectivity index (χ1v) is 6.79. The van der Waals surface area contributed by atoms with Crippen molar-refractivity contribution in [1.29, 1.82) is 0 Å². The van der Waals surface area contributed by atoms with E-state index in [1.54, 1.807) is 31.2 Å². The van der Waals surface area contributed by atoms with Crippen molar-refractivity contribution in [2.45, 2.75) is 45.6 Å². The molecule has 0 aliphatic carbocycles. The summed E-state index contributed by atoms with van der Waals surface area (Å²) in [6.07, 6.45) is -1.36. The lowest BCUT2D eigenvalue weighted by Crippen LogP contribution is -2.19. The predicted molar refractivity (Wildman–Crippen MR) is 71.6 cm³/mol. The van der Waals surface area contributed by atoms with Gasteiger partial charge < -0.3 is 9.84 Å². The number of hydrogen-bond acceptors (Lipinski definition) is 2. The lowest BCUT2D eigenvalue weighted by atomic mass is 9.94. The van der Waals surface area contributed by atoms with Gasteiger partial charge in [-0.05, 0) is 30.5 Å². The second-order valence-corrected chi connectivity index (χ2v) is 4.62. The highest BCUT2D eigenvalue weighted by atomic mass is 19.3. The van der Waals surface area contributed by atoms with Crippen LogP contribution in [-0.4, -0.2) is 18.1 Å². The van der Waals surface area contributed by atoms with E-state index in [0.29, 0.717) is 17.9 Å². The van der Waals surface area contributed by atoms with Gasteiger partial charge >= 0.3 is 0 Å². The first-order chi connectivity index (χ1) is 9.10. The molecule has 1 aromatic rings. The number of ether oxygens (including phenoxy) is 1. The Bertz CT molecular complexity index is 352. The molecule has 0 aliphatic rings. The van der Waals surface area contributed by atoms with Crippen LogP contribution in [0.5, 0.6) is 5.75 Å². The Balaban J connectivity index is 2.64. The first-order valence-electron chi connectivity index (χ1n) is 6.79. The van der Waals surface area contributed by atoms with Gasteiger partial charge in [0.15, 0.2) is 0 Å². The van der Waals surface area contributed by atoms with Gasteiger partial charge in [-0.1, -0.05) is 32.4 Å². The second kappa shape index (κ2) is 8.10. The van der Waals surface area contributed by atoms with Crippen molar-refractivity contribution < 1.29 is 18.6 Å². The van der Waals surface area contributed by atoms with Crippen LogP contribution in [0.2, 0.25) is 0 Å². The van der Waals surface area contributed by atoms with Crippen molar-refractivity contribution in [2.24, 2.45) is 5.92 Å². The van der Waals surface area contributed by atoms with E-state index in [-0.39, 0.29) is 6.42 Å². The molecule has 0 bridgehead atoms. The molecule has 0 amide bonds. The summed E-state index contributed by atoms with van der Waals surface area (Å²) in [5.74, 6) is -0.318. The van der Waals surface area contributed by atoms with Crippen molar-refractivity contribution in [3.63, 3.8) is 0 Å². The minimum Gasteiger partial charge on any atom is -0.494 e. The molecular formula is C15H22F2O2. The molecule has 0 fully saturated rings. The third kappa shape index (κ3) is 4.78. The quantitative estimate of drug-likeness (QED) is 0.719. The number of rotatable bonds is 8. The van der Waals surface area contributed by atoms with Crippen LogP contribution >= 0.6 is 0 Å².